The van der Waals surface area contributed by atoms with Gasteiger partial charge in [0.25, 0.3) is 5.91 Å². The summed E-state index contributed by atoms with van der Waals surface area (Å²) in [5.74, 6) is 0.712. The number of urea groups is 1. The Morgan fingerprint density at radius 1 is 1.06 bits per heavy atom. The second-order valence-electron chi connectivity index (χ2n) is 7.67. The van der Waals surface area contributed by atoms with Crippen LogP contribution in [-0.2, 0) is 11.3 Å². The average molecular weight is 449 g/mol. The number of anilines is 2. The summed E-state index contributed by atoms with van der Waals surface area (Å²) in [4.78, 5) is 26.9. The van der Waals surface area contributed by atoms with E-state index in [1.54, 1.807) is 66.6 Å². The van der Waals surface area contributed by atoms with E-state index in [4.69, 9.17) is 9.47 Å². The molecule has 0 aliphatic carbocycles. The Labute approximate surface area is 191 Å². The van der Waals surface area contributed by atoms with Gasteiger partial charge in [-0.05, 0) is 55.0 Å². The Bertz CT molecular complexity index is 1170. The van der Waals surface area contributed by atoms with E-state index >= 15 is 0 Å². The van der Waals surface area contributed by atoms with E-state index < -0.39 is 6.03 Å². The number of ether oxygens (including phenoxy) is 2. The third kappa shape index (κ3) is 5.23. The molecule has 0 aromatic heterocycles. The minimum Gasteiger partial charge on any atom is -0.497 e. The van der Waals surface area contributed by atoms with E-state index in [0.29, 0.717) is 29.4 Å². The van der Waals surface area contributed by atoms with Gasteiger partial charge >= 0.3 is 6.03 Å². The zero-order chi connectivity index (χ0) is 23.4. The monoisotopic (exact) mass is 449 g/mol. The molecule has 0 fully saturated rings. The predicted molar refractivity (Wildman–Crippen MR) is 123 cm³/mol. The van der Waals surface area contributed by atoms with Crippen molar-refractivity contribution in [2.45, 2.75) is 19.5 Å². The van der Waals surface area contributed by atoms with Gasteiger partial charge in [0.05, 0.1) is 19.7 Å². The minimum atomic E-state index is -0.412. The van der Waals surface area contributed by atoms with Crippen LogP contribution in [0.25, 0.3) is 0 Å². The number of carbonyl (C=O) groups is 2. The molecule has 0 bridgehead atoms. The summed E-state index contributed by atoms with van der Waals surface area (Å²) in [6.07, 6.45) is 0. The summed E-state index contributed by atoms with van der Waals surface area (Å²) in [7, 11) is 1.56. The molecule has 1 aliphatic heterocycles. The fourth-order valence-corrected chi connectivity index (χ4v) is 3.68. The summed E-state index contributed by atoms with van der Waals surface area (Å²) in [6.45, 7) is 2.08. The second kappa shape index (κ2) is 9.60. The SMILES string of the molecule is COc1cccc(NC(=O)Nc2ccc3c(c2)CN(C(C)c2ccc(F)cc2)C(=O)CO3)c1. The third-order valence-corrected chi connectivity index (χ3v) is 5.48. The lowest BCUT2D eigenvalue weighted by atomic mass is 10.1. The molecule has 3 aromatic rings. The predicted octanol–water partition coefficient (Wildman–Crippen LogP) is 4.96. The number of halogens is 1. The molecule has 0 radical (unpaired) electrons. The van der Waals surface area contributed by atoms with Crippen molar-refractivity contribution >= 4 is 23.3 Å². The van der Waals surface area contributed by atoms with Gasteiger partial charge in [0.2, 0.25) is 0 Å². The van der Waals surface area contributed by atoms with Crippen molar-refractivity contribution in [2.75, 3.05) is 24.4 Å². The fourth-order valence-electron chi connectivity index (χ4n) is 3.68. The molecule has 7 nitrogen and oxygen atoms in total. The molecule has 4 rings (SSSR count). The molecule has 0 spiro atoms. The number of methoxy groups -OCH3 is 1. The maximum absolute atomic E-state index is 13.3. The fraction of sp³-hybridized carbons (Fsp3) is 0.200. The van der Waals surface area contributed by atoms with Crippen LogP contribution in [0.3, 0.4) is 0 Å². The van der Waals surface area contributed by atoms with Gasteiger partial charge in [-0.2, -0.15) is 0 Å². The molecule has 3 aromatic carbocycles. The van der Waals surface area contributed by atoms with Crippen molar-refractivity contribution in [3.8, 4) is 11.5 Å². The first-order valence-electron chi connectivity index (χ1n) is 10.5. The maximum Gasteiger partial charge on any atom is 0.323 e. The standard InChI is InChI=1S/C25H24FN3O4/c1-16(17-6-8-19(26)9-7-17)29-14-18-12-21(10-11-23(18)33-15-24(29)30)28-25(31)27-20-4-3-5-22(13-20)32-2/h3-13,16H,14-15H2,1-2H3,(H2,27,28,31). The normalized spacial score (nSPS) is 13.9. The number of nitrogens with zero attached hydrogens (tertiary/aromatic N) is 1. The van der Waals surface area contributed by atoms with Crippen LogP contribution in [0.5, 0.6) is 11.5 Å². The number of amides is 3. The highest BCUT2D eigenvalue weighted by atomic mass is 19.1. The van der Waals surface area contributed by atoms with Crippen LogP contribution >= 0.6 is 0 Å². The van der Waals surface area contributed by atoms with E-state index in [9.17, 15) is 14.0 Å². The summed E-state index contributed by atoms with van der Waals surface area (Å²) >= 11 is 0. The average Bonchev–Trinajstić information content (AvgIpc) is 2.97. The van der Waals surface area contributed by atoms with Crippen molar-refractivity contribution in [1.29, 1.82) is 0 Å². The smallest absolute Gasteiger partial charge is 0.323 e. The van der Waals surface area contributed by atoms with E-state index in [1.165, 1.54) is 12.1 Å². The molecule has 1 atom stereocenters. The van der Waals surface area contributed by atoms with Crippen LogP contribution in [0.1, 0.15) is 24.1 Å². The summed E-state index contributed by atoms with van der Waals surface area (Å²) < 4.78 is 24.2. The highest BCUT2D eigenvalue weighted by molar-refractivity contribution is 6.00. The summed E-state index contributed by atoms with van der Waals surface area (Å²) in [6, 6.07) is 17.7. The number of hydrogen-bond acceptors (Lipinski definition) is 4. The Morgan fingerprint density at radius 2 is 1.79 bits per heavy atom. The molecule has 0 saturated heterocycles. The highest BCUT2D eigenvalue weighted by Gasteiger charge is 2.27. The van der Waals surface area contributed by atoms with E-state index in [1.807, 2.05) is 6.92 Å². The topological polar surface area (TPSA) is 79.9 Å². The lowest BCUT2D eigenvalue weighted by Crippen LogP contribution is -2.34. The summed E-state index contributed by atoms with van der Waals surface area (Å²) in [5, 5.41) is 5.56. The zero-order valence-electron chi connectivity index (χ0n) is 18.3. The van der Waals surface area contributed by atoms with Gasteiger partial charge in [0.15, 0.2) is 6.61 Å². The zero-order valence-corrected chi connectivity index (χ0v) is 18.3. The van der Waals surface area contributed by atoms with Crippen molar-refractivity contribution in [3.05, 3.63) is 83.7 Å². The van der Waals surface area contributed by atoms with E-state index in [0.717, 1.165) is 11.1 Å². The van der Waals surface area contributed by atoms with Crippen LogP contribution in [0.4, 0.5) is 20.6 Å². The molecule has 33 heavy (non-hydrogen) atoms. The first kappa shape index (κ1) is 22.1. The largest absolute Gasteiger partial charge is 0.497 e. The van der Waals surface area contributed by atoms with Gasteiger partial charge < -0.3 is 25.0 Å². The number of benzene rings is 3. The molecule has 2 N–H and O–H groups in total. The van der Waals surface area contributed by atoms with Crippen molar-refractivity contribution in [3.63, 3.8) is 0 Å². The Balaban J connectivity index is 1.49. The van der Waals surface area contributed by atoms with Gasteiger partial charge in [-0.15, -0.1) is 0 Å². The highest BCUT2D eigenvalue weighted by Crippen LogP contribution is 2.31. The minimum absolute atomic E-state index is 0.0956. The van der Waals surface area contributed by atoms with Gasteiger partial charge in [-0.25, -0.2) is 9.18 Å². The van der Waals surface area contributed by atoms with E-state index in [2.05, 4.69) is 10.6 Å². The number of hydrogen-bond donors (Lipinski definition) is 2. The molecule has 170 valence electrons. The van der Waals surface area contributed by atoms with Gasteiger partial charge in [0.1, 0.15) is 17.3 Å². The molecular formula is C25H24FN3O4. The van der Waals surface area contributed by atoms with Crippen LogP contribution in [0, 0.1) is 5.82 Å². The molecule has 3 amide bonds. The molecule has 0 saturated carbocycles. The molecule has 1 unspecified atom stereocenters. The number of nitrogens with one attached hydrogen (secondary N) is 2. The van der Waals surface area contributed by atoms with Crippen LogP contribution in [-0.4, -0.2) is 30.6 Å². The molecule has 8 heteroatoms. The van der Waals surface area contributed by atoms with Crippen molar-refractivity contribution in [2.24, 2.45) is 0 Å². The summed E-state index contributed by atoms with van der Waals surface area (Å²) in [5.41, 5.74) is 2.73. The van der Waals surface area contributed by atoms with Gasteiger partial charge in [-0.1, -0.05) is 18.2 Å². The molecular weight excluding hydrogens is 425 g/mol. The molecule has 1 heterocycles. The Hall–Kier alpha value is -4.07. The third-order valence-electron chi connectivity index (χ3n) is 5.48. The number of rotatable bonds is 5. The molecule has 1 aliphatic rings. The lowest BCUT2D eigenvalue weighted by molar-refractivity contribution is -0.135. The Kier molecular flexibility index (Phi) is 6.44. The number of carbonyl (C=O) groups excluding carboxylic acids is 2. The van der Waals surface area contributed by atoms with Gasteiger partial charge in [-0.3, -0.25) is 4.79 Å². The first-order valence-corrected chi connectivity index (χ1v) is 10.5. The Morgan fingerprint density at radius 3 is 2.52 bits per heavy atom. The quantitative estimate of drug-likeness (QED) is 0.577. The van der Waals surface area contributed by atoms with Crippen LogP contribution in [0.2, 0.25) is 0 Å². The van der Waals surface area contributed by atoms with Crippen molar-refractivity contribution < 1.29 is 23.5 Å². The van der Waals surface area contributed by atoms with Crippen molar-refractivity contribution in [1.82, 2.24) is 4.90 Å². The second-order valence-corrected chi connectivity index (χ2v) is 7.67. The maximum atomic E-state index is 13.3. The first-order chi connectivity index (χ1) is 15.9. The van der Waals surface area contributed by atoms with Crippen LogP contribution in [0.15, 0.2) is 66.7 Å². The van der Waals surface area contributed by atoms with E-state index in [-0.39, 0.29) is 24.4 Å². The lowest BCUT2D eigenvalue weighted by Gasteiger charge is -2.28. The van der Waals surface area contributed by atoms with Gasteiger partial charge in [0, 0.05) is 23.0 Å². The van der Waals surface area contributed by atoms with Crippen LogP contribution < -0.4 is 20.1 Å². The number of fused-ring (bicyclic) bond motifs is 1.